The van der Waals surface area contributed by atoms with Crippen LogP contribution in [0.15, 0.2) is 42.7 Å². The molecule has 0 radical (unpaired) electrons. The maximum absolute atomic E-state index is 12.0. The second-order valence-corrected chi connectivity index (χ2v) is 6.67. The van der Waals surface area contributed by atoms with Crippen molar-refractivity contribution in [2.45, 2.75) is 25.3 Å². The van der Waals surface area contributed by atoms with Gasteiger partial charge in [-0.25, -0.2) is 4.79 Å². The van der Waals surface area contributed by atoms with Crippen molar-refractivity contribution in [3.8, 4) is 0 Å². The topological polar surface area (TPSA) is 107 Å². The van der Waals surface area contributed by atoms with Crippen LogP contribution in [0, 0.1) is 10.1 Å². The van der Waals surface area contributed by atoms with Crippen LogP contribution in [0.3, 0.4) is 0 Å². The third-order valence-corrected chi connectivity index (χ3v) is 4.80. The number of hydrogen-bond donors (Lipinski definition) is 1. The minimum Gasteiger partial charge on any atom is -0.465 e. The molecule has 1 aromatic carbocycles. The Balaban J connectivity index is 1.62. The van der Waals surface area contributed by atoms with Crippen molar-refractivity contribution in [2.75, 3.05) is 12.4 Å². The Hall–Kier alpha value is -3.55. The summed E-state index contributed by atoms with van der Waals surface area (Å²) < 4.78 is 4.85. The maximum atomic E-state index is 12.0. The van der Waals surface area contributed by atoms with Crippen LogP contribution >= 0.6 is 0 Å². The SMILES string of the molecule is COC(=O)c1ccc(CNc2ccc([N+](=O)[O-])c3cnccc23)nc1C1CC1. The molecule has 0 bridgehead atoms. The van der Waals surface area contributed by atoms with E-state index in [1.165, 1.54) is 19.4 Å². The standard InChI is InChI=1S/C20H18N4O4/c1-28-20(25)15-5-4-13(23-19(15)12-2-3-12)10-22-17-6-7-18(24(26)27)16-11-21-9-8-14(16)17/h4-9,11-12,22H,2-3,10H2,1H3. The van der Waals surface area contributed by atoms with E-state index >= 15 is 0 Å². The van der Waals surface area contributed by atoms with Gasteiger partial charge in [-0.2, -0.15) is 0 Å². The zero-order valence-electron chi connectivity index (χ0n) is 15.2. The Labute approximate surface area is 160 Å². The maximum Gasteiger partial charge on any atom is 0.339 e. The third kappa shape index (κ3) is 3.36. The molecule has 8 nitrogen and oxygen atoms in total. The quantitative estimate of drug-likeness (QED) is 0.395. The van der Waals surface area contributed by atoms with Crippen molar-refractivity contribution in [3.63, 3.8) is 0 Å². The molecule has 0 spiro atoms. The summed E-state index contributed by atoms with van der Waals surface area (Å²) >= 11 is 0. The van der Waals surface area contributed by atoms with Gasteiger partial charge in [0.15, 0.2) is 0 Å². The predicted molar refractivity (Wildman–Crippen MR) is 103 cm³/mol. The zero-order valence-corrected chi connectivity index (χ0v) is 15.2. The molecular weight excluding hydrogens is 360 g/mol. The number of fused-ring (bicyclic) bond motifs is 1. The van der Waals surface area contributed by atoms with Crippen LogP contribution in [0.1, 0.15) is 40.5 Å². The molecule has 4 rings (SSSR count). The number of pyridine rings is 2. The molecule has 8 heteroatoms. The highest BCUT2D eigenvalue weighted by atomic mass is 16.6. The lowest BCUT2D eigenvalue weighted by molar-refractivity contribution is -0.383. The van der Waals surface area contributed by atoms with Crippen LogP contribution < -0.4 is 5.32 Å². The summed E-state index contributed by atoms with van der Waals surface area (Å²) in [6.07, 6.45) is 5.14. The molecule has 2 heterocycles. The van der Waals surface area contributed by atoms with Gasteiger partial charge in [0.25, 0.3) is 5.69 Å². The van der Waals surface area contributed by atoms with E-state index in [-0.39, 0.29) is 11.7 Å². The van der Waals surface area contributed by atoms with Gasteiger partial charge in [-0.15, -0.1) is 0 Å². The number of nitro benzene ring substituents is 1. The van der Waals surface area contributed by atoms with Crippen molar-refractivity contribution in [3.05, 3.63) is 69.8 Å². The van der Waals surface area contributed by atoms with Crippen LogP contribution in [0.25, 0.3) is 10.8 Å². The van der Waals surface area contributed by atoms with Gasteiger partial charge in [0, 0.05) is 35.5 Å². The fourth-order valence-corrected chi connectivity index (χ4v) is 3.24. The van der Waals surface area contributed by atoms with Gasteiger partial charge in [-0.3, -0.25) is 20.1 Å². The third-order valence-electron chi connectivity index (χ3n) is 4.80. The van der Waals surface area contributed by atoms with E-state index in [1.807, 2.05) is 0 Å². The first-order valence-electron chi connectivity index (χ1n) is 8.91. The highest BCUT2D eigenvalue weighted by Gasteiger charge is 2.30. The fraction of sp³-hybridized carbons (Fsp3) is 0.250. The van der Waals surface area contributed by atoms with Crippen LogP contribution in [-0.2, 0) is 11.3 Å². The fourth-order valence-electron chi connectivity index (χ4n) is 3.24. The summed E-state index contributed by atoms with van der Waals surface area (Å²) in [7, 11) is 1.36. The second-order valence-electron chi connectivity index (χ2n) is 6.67. The smallest absolute Gasteiger partial charge is 0.339 e. The number of carbonyl (C=O) groups is 1. The number of ether oxygens (including phenoxy) is 1. The van der Waals surface area contributed by atoms with E-state index in [0.717, 1.165) is 35.3 Å². The van der Waals surface area contributed by atoms with E-state index in [1.54, 1.807) is 30.5 Å². The van der Waals surface area contributed by atoms with Gasteiger partial charge < -0.3 is 10.1 Å². The summed E-state index contributed by atoms with van der Waals surface area (Å²) in [5.41, 5.74) is 2.86. The molecule has 1 aliphatic carbocycles. The molecule has 1 saturated carbocycles. The average Bonchev–Trinajstić information content (AvgIpc) is 3.56. The van der Waals surface area contributed by atoms with Gasteiger partial charge in [0.1, 0.15) is 0 Å². The molecule has 1 aliphatic rings. The van der Waals surface area contributed by atoms with E-state index in [4.69, 9.17) is 4.74 Å². The molecule has 1 N–H and O–H groups in total. The van der Waals surface area contributed by atoms with Crippen molar-refractivity contribution < 1.29 is 14.5 Å². The normalized spacial score (nSPS) is 13.3. The molecule has 0 amide bonds. The number of esters is 1. The molecular formula is C20H18N4O4. The zero-order chi connectivity index (χ0) is 19.7. The summed E-state index contributed by atoms with van der Waals surface area (Å²) in [6.45, 7) is 0.427. The Bertz CT molecular complexity index is 1080. The Kier molecular flexibility index (Phi) is 4.60. The Morgan fingerprint density at radius 1 is 1.25 bits per heavy atom. The number of hydrogen-bond acceptors (Lipinski definition) is 7. The van der Waals surface area contributed by atoms with Gasteiger partial charge in [0.05, 0.1) is 40.9 Å². The first-order chi connectivity index (χ1) is 13.6. The number of nitrogens with zero attached hydrogens (tertiary/aromatic N) is 3. The minimum atomic E-state index is -0.414. The highest BCUT2D eigenvalue weighted by Crippen LogP contribution is 2.41. The number of aromatic nitrogens is 2. The summed E-state index contributed by atoms with van der Waals surface area (Å²) in [4.78, 5) is 31.4. The molecule has 28 heavy (non-hydrogen) atoms. The van der Waals surface area contributed by atoms with Crippen molar-refractivity contribution in [2.24, 2.45) is 0 Å². The number of carbonyl (C=O) groups excluding carboxylic acids is 1. The van der Waals surface area contributed by atoms with Gasteiger partial charge in [-0.05, 0) is 37.1 Å². The van der Waals surface area contributed by atoms with E-state index < -0.39 is 4.92 Å². The second kappa shape index (κ2) is 7.22. The Morgan fingerprint density at radius 2 is 2.07 bits per heavy atom. The van der Waals surface area contributed by atoms with Crippen LogP contribution in [0.5, 0.6) is 0 Å². The molecule has 0 atom stereocenters. The van der Waals surface area contributed by atoms with Gasteiger partial charge >= 0.3 is 5.97 Å². The number of nitrogens with one attached hydrogen (secondary N) is 1. The lowest BCUT2D eigenvalue weighted by Crippen LogP contribution is -2.10. The molecule has 1 fully saturated rings. The van der Waals surface area contributed by atoms with Crippen LogP contribution in [0.4, 0.5) is 11.4 Å². The molecule has 2 aromatic heterocycles. The van der Waals surface area contributed by atoms with Crippen molar-refractivity contribution in [1.29, 1.82) is 0 Å². The first-order valence-corrected chi connectivity index (χ1v) is 8.91. The summed E-state index contributed by atoms with van der Waals surface area (Å²) in [5, 5.41) is 15.7. The molecule has 3 aromatic rings. The van der Waals surface area contributed by atoms with Gasteiger partial charge in [0.2, 0.25) is 0 Å². The van der Waals surface area contributed by atoms with E-state index in [9.17, 15) is 14.9 Å². The lowest BCUT2D eigenvalue weighted by Gasteiger charge is -2.12. The van der Waals surface area contributed by atoms with Crippen molar-refractivity contribution in [1.82, 2.24) is 9.97 Å². The van der Waals surface area contributed by atoms with Crippen LogP contribution in [-0.4, -0.2) is 28.0 Å². The molecule has 0 aliphatic heterocycles. The number of anilines is 1. The summed E-state index contributed by atoms with van der Waals surface area (Å²) in [5.74, 6) is -0.0666. The number of non-ortho nitro benzene ring substituents is 1. The number of nitro groups is 1. The highest BCUT2D eigenvalue weighted by molar-refractivity contribution is 5.99. The number of methoxy groups -OCH3 is 1. The number of benzene rings is 1. The van der Waals surface area contributed by atoms with E-state index in [0.29, 0.717) is 23.4 Å². The molecule has 0 unspecified atom stereocenters. The van der Waals surface area contributed by atoms with Gasteiger partial charge in [-0.1, -0.05) is 0 Å². The largest absolute Gasteiger partial charge is 0.465 e. The molecule has 0 saturated heterocycles. The Morgan fingerprint density at radius 3 is 2.79 bits per heavy atom. The first kappa shape index (κ1) is 17.8. The van der Waals surface area contributed by atoms with Crippen molar-refractivity contribution >= 4 is 28.1 Å². The minimum absolute atomic E-state index is 0.0187. The van der Waals surface area contributed by atoms with E-state index in [2.05, 4.69) is 15.3 Å². The molecule has 142 valence electrons. The van der Waals surface area contributed by atoms with Crippen LogP contribution in [0.2, 0.25) is 0 Å². The number of rotatable bonds is 6. The predicted octanol–water partition coefficient (Wildman–Crippen LogP) is 3.81. The summed E-state index contributed by atoms with van der Waals surface area (Å²) in [6, 6.07) is 8.44. The monoisotopic (exact) mass is 378 g/mol. The lowest BCUT2D eigenvalue weighted by atomic mass is 10.1. The average molecular weight is 378 g/mol.